The van der Waals surface area contributed by atoms with Gasteiger partial charge in [0.1, 0.15) is 0 Å². The smallest absolute Gasteiger partial charge is 0.152 e. The number of rotatable bonds is 2. The molecule has 0 aromatic carbocycles. The molecule has 1 nitrogen and oxygen atoms in total. The van der Waals surface area contributed by atoms with Gasteiger partial charge in [-0.05, 0) is 31.8 Å². The molecule has 0 saturated heterocycles. The Labute approximate surface area is 69.5 Å². The molecule has 0 unspecified atom stereocenters. The molecule has 0 spiro atoms. The third kappa shape index (κ3) is 7.31. The van der Waals surface area contributed by atoms with E-state index < -0.39 is 0 Å². The van der Waals surface area contributed by atoms with Crippen LogP contribution in [0.3, 0.4) is 0 Å². The number of ketones is 1. The third-order valence-corrected chi connectivity index (χ3v) is 1.26. The van der Waals surface area contributed by atoms with E-state index in [1.54, 1.807) is 13.0 Å². The maximum atomic E-state index is 10.7. The second-order valence-electron chi connectivity index (χ2n) is 4.34. The SMILES string of the molecule is CC(=O)/C=C(/C)CC(C)(C)C. The summed E-state index contributed by atoms with van der Waals surface area (Å²) in [6.07, 6.45) is 2.71. The first-order valence-corrected chi connectivity index (χ1v) is 3.99. The first-order chi connectivity index (χ1) is 4.81. The molecule has 0 aliphatic carbocycles. The van der Waals surface area contributed by atoms with Crippen LogP contribution in [0.1, 0.15) is 41.0 Å². The molecule has 0 radical (unpaired) electrons. The van der Waals surface area contributed by atoms with Gasteiger partial charge in [-0.1, -0.05) is 26.3 Å². The van der Waals surface area contributed by atoms with Crippen molar-refractivity contribution in [3.63, 3.8) is 0 Å². The molecule has 0 saturated carbocycles. The van der Waals surface area contributed by atoms with Crippen molar-refractivity contribution in [3.8, 4) is 0 Å². The molecule has 0 amide bonds. The molecule has 0 aliphatic heterocycles. The van der Waals surface area contributed by atoms with Gasteiger partial charge in [-0.25, -0.2) is 0 Å². The fraction of sp³-hybridized carbons (Fsp3) is 0.700. The van der Waals surface area contributed by atoms with Crippen molar-refractivity contribution < 1.29 is 4.79 Å². The van der Waals surface area contributed by atoms with Crippen LogP contribution >= 0.6 is 0 Å². The van der Waals surface area contributed by atoms with Crippen molar-refractivity contribution in [2.75, 3.05) is 0 Å². The summed E-state index contributed by atoms with van der Waals surface area (Å²) in [5.41, 5.74) is 1.46. The van der Waals surface area contributed by atoms with Gasteiger partial charge in [-0.15, -0.1) is 0 Å². The van der Waals surface area contributed by atoms with Crippen LogP contribution < -0.4 is 0 Å². The summed E-state index contributed by atoms with van der Waals surface area (Å²) >= 11 is 0. The highest BCUT2D eigenvalue weighted by Crippen LogP contribution is 2.23. The summed E-state index contributed by atoms with van der Waals surface area (Å²) in [7, 11) is 0. The molecule has 64 valence electrons. The molecular weight excluding hydrogens is 136 g/mol. The van der Waals surface area contributed by atoms with E-state index >= 15 is 0 Å². The van der Waals surface area contributed by atoms with Crippen molar-refractivity contribution in [2.24, 2.45) is 5.41 Å². The van der Waals surface area contributed by atoms with Crippen LogP contribution in [0.25, 0.3) is 0 Å². The van der Waals surface area contributed by atoms with Gasteiger partial charge < -0.3 is 0 Å². The van der Waals surface area contributed by atoms with E-state index in [2.05, 4.69) is 20.8 Å². The number of allylic oxidation sites excluding steroid dienone is 2. The molecule has 0 N–H and O–H groups in total. The predicted octanol–water partition coefficient (Wildman–Crippen LogP) is 2.96. The Morgan fingerprint density at radius 3 is 2.00 bits per heavy atom. The fourth-order valence-corrected chi connectivity index (χ4v) is 1.23. The Morgan fingerprint density at radius 2 is 1.73 bits per heavy atom. The van der Waals surface area contributed by atoms with Crippen molar-refractivity contribution in [2.45, 2.75) is 41.0 Å². The monoisotopic (exact) mass is 154 g/mol. The molecule has 0 aromatic rings. The molecule has 0 rings (SSSR count). The molecule has 11 heavy (non-hydrogen) atoms. The Bertz CT molecular complexity index is 170. The van der Waals surface area contributed by atoms with E-state index in [9.17, 15) is 4.79 Å². The number of hydrogen-bond acceptors (Lipinski definition) is 1. The average Bonchev–Trinajstić information content (AvgIpc) is 1.53. The highest BCUT2D eigenvalue weighted by atomic mass is 16.1. The topological polar surface area (TPSA) is 17.1 Å². The van der Waals surface area contributed by atoms with Crippen LogP contribution in [0.15, 0.2) is 11.6 Å². The Kier molecular flexibility index (Phi) is 3.50. The Balaban J connectivity index is 4.07. The standard InChI is InChI=1S/C10H18O/c1-8(6-9(2)11)7-10(3,4)5/h6H,7H2,1-5H3/b8-6-. The van der Waals surface area contributed by atoms with Gasteiger partial charge in [0.25, 0.3) is 0 Å². The summed E-state index contributed by atoms with van der Waals surface area (Å²) in [6.45, 7) is 10.1. The van der Waals surface area contributed by atoms with Crippen LogP contribution in [0.5, 0.6) is 0 Å². The fourth-order valence-electron chi connectivity index (χ4n) is 1.23. The van der Waals surface area contributed by atoms with Gasteiger partial charge in [0.2, 0.25) is 0 Å². The number of carbonyl (C=O) groups excluding carboxylic acids is 1. The summed E-state index contributed by atoms with van der Waals surface area (Å²) in [5.74, 6) is 0.145. The average molecular weight is 154 g/mol. The van der Waals surface area contributed by atoms with Crippen LogP contribution in [0.4, 0.5) is 0 Å². The Morgan fingerprint density at radius 1 is 1.27 bits per heavy atom. The van der Waals surface area contributed by atoms with Gasteiger partial charge >= 0.3 is 0 Å². The second kappa shape index (κ2) is 3.70. The van der Waals surface area contributed by atoms with Crippen molar-refractivity contribution in [3.05, 3.63) is 11.6 Å². The molecule has 0 fully saturated rings. The van der Waals surface area contributed by atoms with E-state index in [0.29, 0.717) is 0 Å². The molecule has 0 aliphatic rings. The molecule has 0 heterocycles. The highest BCUT2D eigenvalue weighted by molar-refractivity contribution is 5.87. The zero-order valence-corrected chi connectivity index (χ0v) is 8.19. The van der Waals surface area contributed by atoms with Gasteiger partial charge in [0.05, 0.1) is 0 Å². The van der Waals surface area contributed by atoms with Crippen molar-refractivity contribution in [1.82, 2.24) is 0 Å². The normalized spacial score (nSPS) is 13.4. The maximum Gasteiger partial charge on any atom is 0.152 e. The van der Waals surface area contributed by atoms with Gasteiger partial charge in [0.15, 0.2) is 5.78 Å². The van der Waals surface area contributed by atoms with E-state index in [4.69, 9.17) is 0 Å². The van der Waals surface area contributed by atoms with E-state index in [-0.39, 0.29) is 11.2 Å². The van der Waals surface area contributed by atoms with Crippen molar-refractivity contribution in [1.29, 1.82) is 0 Å². The lowest BCUT2D eigenvalue weighted by molar-refractivity contribution is -0.112. The van der Waals surface area contributed by atoms with Crippen LogP contribution in [-0.2, 0) is 4.79 Å². The minimum atomic E-state index is 0.145. The van der Waals surface area contributed by atoms with E-state index in [0.717, 1.165) is 6.42 Å². The van der Waals surface area contributed by atoms with E-state index in [1.165, 1.54) is 5.57 Å². The second-order valence-corrected chi connectivity index (χ2v) is 4.34. The first-order valence-electron chi connectivity index (χ1n) is 3.99. The number of hydrogen-bond donors (Lipinski definition) is 0. The number of carbonyl (C=O) groups is 1. The third-order valence-electron chi connectivity index (χ3n) is 1.26. The summed E-state index contributed by atoms with van der Waals surface area (Å²) in [4.78, 5) is 10.7. The van der Waals surface area contributed by atoms with Gasteiger partial charge in [-0.2, -0.15) is 0 Å². The highest BCUT2D eigenvalue weighted by Gasteiger charge is 2.10. The molecule has 0 bridgehead atoms. The van der Waals surface area contributed by atoms with Gasteiger partial charge in [-0.3, -0.25) is 4.79 Å². The van der Waals surface area contributed by atoms with E-state index in [1.807, 2.05) is 6.92 Å². The van der Waals surface area contributed by atoms with Gasteiger partial charge in [0, 0.05) is 0 Å². The lowest BCUT2D eigenvalue weighted by Crippen LogP contribution is -2.05. The minimum Gasteiger partial charge on any atom is -0.295 e. The lowest BCUT2D eigenvalue weighted by Gasteiger charge is -2.17. The molecule has 0 aromatic heterocycles. The molecular formula is C10H18O. The first kappa shape index (κ1) is 10.4. The molecule has 1 heteroatoms. The summed E-state index contributed by atoms with van der Waals surface area (Å²) in [5, 5.41) is 0. The lowest BCUT2D eigenvalue weighted by atomic mass is 9.88. The predicted molar refractivity (Wildman–Crippen MR) is 48.5 cm³/mol. The van der Waals surface area contributed by atoms with Crippen LogP contribution in [-0.4, -0.2) is 5.78 Å². The maximum absolute atomic E-state index is 10.7. The summed E-state index contributed by atoms with van der Waals surface area (Å²) < 4.78 is 0. The van der Waals surface area contributed by atoms with Crippen LogP contribution in [0.2, 0.25) is 0 Å². The quantitative estimate of drug-likeness (QED) is 0.559. The zero-order valence-electron chi connectivity index (χ0n) is 8.19. The van der Waals surface area contributed by atoms with Crippen LogP contribution in [0, 0.1) is 5.41 Å². The largest absolute Gasteiger partial charge is 0.295 e. The minimum absolute atomic E-state index is 0.145. The molecule has 0 atom stereocenters. The summed E-state index contributed by atoms with van der Waals surface area (Å²) in [6, 6.07) is 0. The Hall–Kier alpha value is -0.590. The zero-order chi connectivity index (χ0) is 9.07. The van der Waals surface area contributed by atoms with Crippen molar-refractivity contribution >= 4 is 5.78 Å².